The van der Waals surface area contributed by atoms with Crippen LogP contribution < -0.4 is 32.7 Å². The van der Waals surface area contributed by atoms with Crippen molar-refractivity contribution in [3.63, 3.8) is 0 Å². The number of halogens is 4. The number of likely N-dealkylation sites (tertiary alicyclic amines) is 2. The van der Waals surface area contributed by atoms with Crippen LogP contribution >= 0.6 is 59.4 Å². The molecule has 0 unspecified atom stereocenters. The third-order valence-electron chi connectivity index (χ3n) is 19.5. The molecule has 25 heteroatoms. The number of anilines is 6. The lowest BCUT2D eigenvalue weighted by atomic mass is 9.74. The zero-order chi connectivity index (χ0) is 97.1. The van der Waals surface area contributed by atoms with E-state index >= 15 is 0 Å². The fourth-order valence-electron chi connectivity index (χ4n) is 13.3. The number of hydrogen-bond acceptors (Lipinski definition) is 16. The van der Waals surface area contributed by atoms with Crippen LogP contribution in [0.3, 0.4) is 0 Å². The van der Waals surface area contributed by atoms with Crippen LogP contribution in [0, 0.1) is 0 Å². The van der Waals surface area contributed by atoms with Crippen LogP contribution in [0.2, 0.25) is 0 Å². The van der Waals surface area contributed by atoms with Gasteiger partial charge in [-0.05, 0) is 268 Å². The van der Waals surface area contributed by atoms with E-state index in [0.29, 0.717) is 45.1 Å². The van der Waals surface area contributed by atoms with Crippen LogP contribution in [0.5, 0.6) is 0 Å². The van der Waals surface area contributed by atoms with Crippen molar-refractivity contribution in [3.05, 3.63) is 211 Å². The summed E-state index contributed by atoms with van der Waals surface area (Å²) in [6.07, 6.45) is 11.7. The van der Waals surface area contributed by atoms with Crippen LogP contribution in [0.4, 0.5) is 58.1 Å². The molecule has 5 amide bonds. The van der Waals surface area contributed by atoms with Gasteiger partial charge in [0.25, 0.3) is 0 Å². The number of alkyl halides is 1. The number of nitrogen functional groups attached to an aromatic ring is 2. The lowest BCUT2D eigenvalue weighted by Crippen LogP contribution is -2.47. The van der Waals surface area contributed by atoms with Gasteiger partial charge in [0.05, 0.1) is 0 Å². The minimum Gasteiger partial charge on any atom is -0.444 e. The van der Waals surface area contributed by atoms with Gasteiger partial charge in [-0.1, -0.05) is 209 Å². The first kappa shape index (κ1) is 117. The molecule has 7 aliphatic heterocycles. The molecule has 128 heavy (non-hydrogen) atoms. The summed E-state index contributed by atoms with van der Waals surface area (Å²) in [6, 6.07) is 50.3. The molecule has 21 nitrogen and oxygen atoms in total. The molecule has 0 aliphatic carbocycles. The molecule has 0 aromatic heterocycles. The van der Waals surface area contributed by atoms with Crippen molar-refractivity contribution in [2.45, 2.75) is 271 Å². The summed E-state index contributed by atoms with van der Waals surface area (Å²) in [5.74, 6) is 0.558. The monoisotopic (exact) mass is 1980 g/mol. The zero-order valence-electron chi connectivity index (χ0n) is 82.7. The second-order valence-corrected chi connectivity index (χ2v) is 37.5. The molecule has 6 aromatic carbocycles. The second kappa shape index (κ2) is 60.4. The number of fused-ring (bicyclic) bond motifs is 4. The van der Waals surface area contributed by atoms with Crippen LogP contribution in [0.15, 0.2) is 200 Å². The third kappa shape index (κ3) is 44.4. The summed E-state index contributed by atoms with van der Waals surface area (Å²) >= 11 is 16.0. The largest absolute Gasteiger partial charge is 0.444 e. The molecular formula is C103H161Br3ClN11O10. The minimum absolute atomic E-state index is 0.184. The van der Waals surface area contributed by atoms with Crippen LogP contribution in [0.25, 0.3) is 0 Å². The number of nitrogens with two attached hydrogens (primary N) is 2. The predicted octanol–water partition coefficient (Wildman–Crippen LogP) is 27.9. The number of nitrogens with zero attached hydrogens (tertiary/aromatic N) is 5. The summed E-state index contributed by atoms with van der Waals surface area (Å²) < 4.78 is 30.1. The molecule has 0 bridgehead atoms. The average molecular weight is 1990 g/mol. The number of ether oxygens (including phenoxy) is 5. The topological polar surface area (TPSA) is 248 Å². The molecule has 13 rings (SSSR count). The van der Waals surface area contributed by atoms with E-state index in [-0.39, 0.29) is 41.3 Å². The van der Waals surface area contributed by atoms with E-state index in [0.717, 1.165) is 133 Å². The Hall–Kier alpha value is -8.58. The van der Waals surface area contributed by atoms with Gasteiger partial charge >= 0.3 is 30.5 Å². The quantitative estimate of drug-likeness (QED) is 0.0376. The van der Waals surface area contributed by atoms with E-state index in [9.17, 15) is 24.0 Å². The maximum absolute atomic E-state index is 12.2. The maximum Gasteiger partial charge on any atom is 0.410 e. The highest BCUT2D eigenvalue weighted by molar-refractivity contribution is 9.11. The van der Waals surface area contributed by atoms with Gasteiger partial charge in [-0.3, -0.25) is 0 Å². The third-order valence-corrected chi connectivity index (χ3v) is 21.9. The summed E-state index contributed by atoms with van der Waals surface area (Å²) in [5.41, 5.74) is 22.0. The Balaban J connectivity index is 0.000000748. The van der Waals surface area contributed by atoms with E-state index < -0.39 is 28.0 Å². The highest BCUT2D eigenvalue weighted by Gasteiger charge is 2.44. The van der Waals surface area contributed by atoms with Gasteiger partial charge in [0.15, 0.2) is 0 Å². The zero-order valence-corrected chi connectivity index (χ0v) is 88.2. The van der Waals surface area contributed by atoms with E-state index in [2.05, 4.69) is 130 Å². The first-order chi connectivity index (χ1) is 60.6. The first-order valence-electron chi connectivity index (χ1n) is 46.0. The lowest BCUT2D eigenvalue weighted by molar-refractivity contribution is 0.0161. The predicted molar refractivity (Wildman–Crippen MR) is 552 cm³/mol. The lowest BCUT2D eigenvalue weighted by Gasteiger charge is -2.39. The number of piperidine rings is 2. The SMILES string of the molecule is CC.CC.CC.CC.CC.CC.CC(C)(C)OC(=O)N1CC=C(CCl)CC1.CC(C)(C)OC(=O)N1CC=C(CNc2ccccc2Br)CC1.CC(C)(C)OC(=O)N1CC=C(CNc2ccccc2Br)CC1.CC(C)(C)OC(=O)N1CCC2(CC1)CNc1ccccc12.CC(C)(C)OC(=O)N1CCC2(CC1)CNc1ccccc12.Nc1ccccc1.Nc1ccccc1Br. The molecule has 0 atom stereocenters. The number of amides is 5. The summed E-state index contributed by atoms with van der Waals surface area (Å²) in [6.45, 7) is 63.0. The highest BCUT2D eigenvalue weighted by atomic mass is 79.9. The van der Waals surface area contributed by atoms with Gasteiger partial charge in [-0.2, -0.15) is 0 Å². The minimum atomic E-state index is -0.442. The Bertz CT molecular complexity index is 4050. The fourth-order valence-corrected chi connectivity index (χ4v) is 14.7. The molecule has 7 aliphatic rings. The Morgan fingerprint density at radius 1 is 0.359 bits per heavy atom. The van der Waals surface area contributed by atoms with E-state index in [1.54, 1.807) is 14.7 Å². The van der Waals surface area contributed by atoms with Crippen molar-refractivity contribution < 1.29 is 47.7 Å². The molecule has 2 fully saturated rings. The maximum atomic E-state index is 12.2. The Kier molecular flexibility index (Phi) is 55.4. The normalized spacial score (nSPS) is 15.2. The van der Waals surface area contributed by atoms with Crippen molar-refractivity contribution in [1.29, 1.82) is 0 Å². The van der Waals surface area contributed by atoms with Gasteiger partial charge < -0.3 is 80.9 Å². The van der Waals surface area contributed by atoms with Gasteiger partial charge in [-0.15, -0.1) is 11.6 Å². The molecule has 6 aromatic rings. The molecule has 0 radical (unpaired) electrons. The van der Waals surface area contributed by atoms with Crippen molar-refractivity contribution in [3.8, 4) is 0 Å². The number of carbonyl (C=O) groups is 5. The van der Waals surface area contributed by atoms with Crippen molar-refractivity contribution in [2.24, 2.45) is 0 Å². The van der Waals surface area contributed by atoms with Gasteiger partial charge in [-0.25, -0.2) is 24.0 Å². The average Bonchev–Trinajstić information content (AvgIpc) is 1.61. The van der Waals surface area contributed by atoms with Crippen LogP contribution in [0.1, 0.15) is 243 Å². The van der Waals surface area contributed by atoms with Gasteiger partial charge in [0.1, 0.15) is 28.0 Å². The summed E-state index contributed by atoms with van der Waals surface area (Å²) in [5, 5.41) is 13.8. The number of nitrogens with one attached hydrogen (secondary N) is 4. The number of carbonyl (C=O) groups excluding carboxylic acids is 5. The van der Waals surface area contributed by atoms with Gasteiger partial charge in [0.2, 0.25) is 0 Å². The van der Waals surface area contributed by atoms with E-state index in [4.69, 9.17) is 46.8 Å². The molecule has 0 saturated carbocycles. The van der Waals surface area contributed by atoms with E-state index in [1.807, 2.05) is 306 Å². The fraction of sp³-hybridized carbons (Fsp3) is 0.544. The van der Waals surface area contributed by atoms with Crippen molar-refractivity contribution in [1.82, 2.24) is 24.5 Å². The molecule has 716 valence electrons. The van der Waals surface area contributed by atoms with Crippen molar-refractivity contribution in [2.75, 3.05) is 130 Å². The van der Waals surface area contributed by atoms with Crippen LogP contribution in [-0.4, -0.2) is 180 Å². The molecular weight excluding hydrogens is 1830 g/mol. The number of rotatable bonds is 7. The standard InChI is InChI=1S/2C17H23BrN2O2.2C17H24N2O2.C11H18ClNO2.C6H6BrN.C6H7N.6C2H6/c2*1-17(2,3)22-16(21)20-10-8-13(9-11-20)12-19-15-7-5-4-6-14(15)18;2*1-16(2,3)21-15(20)19-10-8-17(9-11-19)12-18-14-7-5-4-6-13(14)17;1-11(2,3)15-10(14)13-6-4-9(8-12)5-7-13;7-5-3-1-2-4-6(5)8;7-6-4-2-1-3-5-6;6*1-2/h2*4-8,19H,9-12H2,1-3H3;2*4-7,18H,8-12H2,1-3H3;4H,5-8H2,1-3H3;1-4H,8H2;1-5H,7H2;6*1-2H3. The number of hydrogen-bond donors (Lipinski definition) is 6. The smallest absolute Gasteiger partial charge is 0.410 e. The summed E-state index contributed by atoms with van der Waals surface area (Å²) in [4.78, 5) is 68.8. The van der Waals surface area contributed by atoms with Crippen LogP contribution in [-0.2, 0) is 34.5 Å². The molecule has 2 saturated heterocycles. The summed E-state index contributed by atoms with van der Waals surface area (Å²) in [7, 11) is 0. The Labute approximate surface area is 802 Å². The molecule has 8 N–H and O–H groups in total. The Morgan fingerprint density at radius 3 is 0.875 bits per heavy atom. The van der Waals surface area contributed by atoms with Crippen molar-refractivity contribution >= 4 is 124 Å². The first-order valence-corrected chi connectivity index (χ1v) is 49.0. The van der Waals surface area contributed by atoms with E-state index in [1.165, 1.54) is 39.2 Å². The molecule has 2 spiro atoms. The van der Waals surface area contributed by atoms with Gasteiger partial charge in [0, 0.05) is 156 Å². The Morgan fingerprint density at radius 2 is 0.625 bits per heavy atom. The second-order valence-electron chi connectivity index (χ2n) is 34.6. The number of benzene rings is 6. The number of para-hydroxylation sites is 6. The molecule has 7 heterocycles. The highest BCUT2D eigenvalue weighted by Crippen LogP contribution is 2.46.